The second-order valence-corrected chi connectivity index (χ2v) is 8.57. The van der Waals surface area contributed by atoms with E-state index in [1.165, 1.54) is 22.7 Å². The fourth-order valence-electron chi connectivity index (χ4n) is 2.80. The average molecular weight is 307 g/mol. The first-order chi connectivity index (χ1) is 6.95. The minimum atomic E-state index is 0.578. The Kier molecular flexibility index (Phi) is 5.08. The molecule has 2 saturated carbocycles. The summed E-state index contributed by atoms with van der Waals surface area (Å²) in [7, 11) is 0. The number of alkyl halides is 2. The van der Waals surface area contributed by atoms with Gasteiger partial charge in [0.25, 0.3) is 0 Å². The molecule has 0 unspecified atom stereocenters. The van der Waals surface area contributed by atoms with Crippen LogP contribution in [0.1, 0.15) is 64.2 Å². The van der Waals surface area contributed by atoms with Crippen molar-refractivity contribution in [3.05, 3.63) is 0 Å². The normalized spacial score (nSPS) is 26.9. The molecule has 0 saturated heterocycles. The van der Waals surface area contributed by atoms with Crippen LogP contribution in [0.25, 0.3) is 0 Å². The van der Waals surface area contributed by atoms with Crippen LogP contribution in [0.3, 0.4) is 0 Å². The molecule has 2 aliphatic rings. The van der Waals surface area contributed by atoms with E-state index in [2.05, 4.69) is 0 Å². The average Bonchev–Trinajstić information content (AvgIpc) is 2.29. The standard InChI is InChI=1S/C13H24I/c1-3-7-12(8-4-1)11-14-13-9-5-2-6-10-13/h12-13H,1-11H2/q-1. The first-order valence-electron chi connectivity index (χ1n) is 6.53. The maximum absolute atomic E-state index is 1.67. The van der Waals surface area contributed by atoms with E-state index in [4.69, 9.17) is 0 Å². The molecule has 1 heteroatoms. The number of hydrogen-bond donors (Lipinski definition) is 0. The topological polar surface area (TPSA) is 0 Å². The molecule has 0 atom stereocenters. The zero-order valence-corrected chi connectivity index (χ0v) is 11.5. The van der Waals surface area contributed by atoms with Crippen molar-refractivity contribution < 1.29 is 21.2 Å². The first-order valence-corrected chi connectivity index (χ1v) is 9.30. The molecule has 14 heavy (non-hydrogen) atoms. The minimum absolute atomic E-state index is 0.578. The molecule has 0 N–H and O–H groups in total. The summed E-state index contributed by atoms with van der Waals surface area (Å²) in [5, 5.41) is 0. The molecule has 0 aromatic rings. The molecule has 0 amide bonds. The van der Waals surface area contributed by atoms with Gasteiger partial charge in [0, 0.05) is 0 Å². The van der Waals surface area contributed by atoms with Gasteiger partial charge in [0.15, 0.2) is 0 Å². The molecule has 0 aromatic carbocycles. The Bertz CT molecular complexity index is 125. The summed E-state index contributed by atoms with van der Waals surface area (Å²) in [6.45, 7) is 0. The van der Waals surface area contributed by atoms with E-state index >= 15 is 0 Å². The van der Waals surface area contributed by atoms with Crippen molar-refractivity contribution in [1.82, 2.24) is 0 Å². The van der Waals surface area contributed by atoms with Crippen LogP contribution < -0.4 is 21.2 Å². The van der Waals surface area contributed by atoms with E-state index in [-0.39, 0.29) is 0 Å². The van der Waals surface area contributed by atoms with Crippen molar-refractivity contribution in [2.45, 2.75) is 68.1 Å². The summed E-state index contributed by atoms with van der Waals surface area (Å²) in [6.07, 6.45) is 15.6. The summed E-state index contributed by atoms with van der Waals surface area (Å²) >= 11 is 0.578. The van der Waals surface area contributed by atoms with E-state index in [1.807, 2.05) is 0 Å². The van der Waals surface area contributed by atoms with Gasteiger partial charge in [0.2, 0.25) is 0 Å². The molecule has 0 nitrogen and oxygen atoms in total. The van der Waals surface area contributed by atoms with Crippen LogP contribution in [0.5, 0.6) is 0 Å². The van der Waals surface area contributed by atoms with Crippen LogP contribution in [0.15, 0.2) is 0 Å². The van der Waals surface area contributed by atoms with Crippen molar-refractivity contribution in [3.63, 3.8) is 0 Å². The molecule has 0 bridgehead atoms. The Labute approximate surface area is 99.5 Å². The number of rotatable bonds is 3. The number of halogens is 1. The van der Waals surface area contributed by atoms with Crippen LogP contribution >= 0.6 is 0 Å². The van der Waals surface area contributed by atoms with E-state index < -0.39 is 0 Å². The Morgan fingerprint density at radius 3 is 1.93 bits per heavy atom. The molecule has 0 heterocycles. The molecular formula is C13H24I-. The van der Waals surface area contributed by atoms with Gasteiger partial charge in [-0.25, -0.2) is 0 Å². The monoisotopic (exact) mass is 307 g/mol. The molecule has 2 fully saturated rings. The summed E-state index contributed by atoms with van der Waals surface area (Å²) in [6, 6.07) is 0. The van der Waals surface area contributed by atoms with E-state index in [9.17, 15) is 0 Å². The third-order valence-corrected chi connectivity index (χ3v) is 8.03. The van der Waals surface area contributed by atoms with Gasteiger partial charge >= 0.3 is 99.7 Å². The van der Waals surface area contributed by atoms with Crippen molar-refractivity contribution in [2.75, 3.05) is 4.43 Å². The summed E-state index contributed by atoms with van der Waals surface area (Å²) in [5.41, 5.74) is 0. The molecule has 0 aromatic heterocycles. The predicted octanol–water partition coefficient (Wildman–Crippen LogP) is 0.988. The molecule has 0 aliphatic heterocycles. The molecule has 84 valence electrons. The van der Waals surface area contributed by atoms with Crippen molar-refractivity contribution in [3.8, 4) is 0 Å². The second kappa shape index (κ2) is 6.34. The van der Waals surface area contributed by atoms with Crippen molar-refractivity contribution >= 4 is 0 Å². The van der Waals surface area contributed by atoms with Crippen LogP contribution in [-0.2, 0) is 0 Å². The summed E-state index contributed by atoms with van der Waals surface area (Å²) in [5.74, 6) is 1.17. The Hall–Kier alpha value is 0.730. The Morgan fingerprint density at radius 1 is 0.714 bits per heavy atom. The van der Waals surface area contributed by atoms with Gasteiger partial charge in [0.05, 0.1) is 0 Å². The van der Waals surface area contributed by atoms with Crippen LogP contribution in [0, 0.1) is 5.92 Å². The van der Waals surface area contributed by atoms with Gasteiger partial charge in [-0.05, 0) is 0 Å². The van der Waals surface area contributed by atoms with Gasteiger partial charge < -0.3 is 0 Å². The zero-order valence-electron chi connectivity index (χ0n) is 9.31. The second-order valence-electron chi connectivity index (χ2n) is 5.05. The SMILES string of the molecule is C1CCC(C[I-]C2CCCCC2)CC1. The third kappa shape index (κ3) is 3.71. The van der Waals surface area contributed by atoms with Crippen LogP contribution in [0.2, 0.25) is 0 Å². The maximum atomic E-state index is 1.67. The Morgan fingerprint density at radius 2 is 1.29 bits per heavy atom. The van der Waals surface area contributed by atoms with E-state index in [1.54, 1.807) is 55.8 Å². The van der Waals surface area contributed by atoms with Gasteiger partial charge in [-0.2, -0.15) is 0 Å². The van der Waals surface area contributed by atoms with Gasteiger partial charge in [0.1, 0.15) is 0 Å². The first kappa shape index (κ1) is 11.2. The molecular weight excluding hydrogens is 283 g/mol. The van der Waals surface area contributed by atoms with Gasteiger partial charge in [-0.15, -0.1) is 0 Å². The quantitative estimate of drug-likeness (QED) is 0.539. The fraction of sp³-hybridized carbons (Fsp3) is 1.00. The van der Waals surface area contributed by atoms with E-state index in [0.717, 1.165) is 0 Å². The predicted molar refractivity (Wildman–Crippen MR) is 58.3 cm³/mol. The molecule has 2 aliphatic carbocycles. The van der Waals surface area contributed by atoms with Crippen molar-refractivity contribution in [2.24, 2.45) is 5.92 Å². The summed E-state index contributed by atoms with van der Waals surface area (Å²) in [4.78, 5) is 0. The van der Waals surface area contributed by atoms with Crippen molar-refractivity contribution in [1.29, 1.82) is 0 Å². The van der Waals surface area contributed by atoms with Gasteiger partial charge in [-0.3, -0.25) is 0 Å². The molecule has 0 radical (unpaired) electrons. The molecule has 0 spiro atoms. The fourth-order valence-corrected chi connectivity index (χ4v) is 6.88. The van der Waals surface area contributed by atoms with Crippen LogP contribution in [0.4, 0.5) is 0 Å². The zero-order chi connectivity index (χ0) is 9.64. The third-order valence-electron chi connectivity index (χ3n) is 3.78. The van der Waals surface area contributed by atoms with E-state index in [0.29, 0.717) is 21.2 Å². The summed E-state index contributed by atoms with van der Waals surface area (Å²) < 4.78 is 2.90. The number of hydrogen-bond acceptors (Lipinski definition) is 0. The molecule has 2 rings (SSSR count). The van der Waals surface area contributed by atoms with Gasteiger partial charge in [-0.1, -0.05) is 0 Å². The Balaban J connectivity index is 1.60. The van der Waals surface area contributed by atoms with Crippen LogP contribution in [-0.4, -0.2) is 8.35 Å².